The van der Waals surface area contributed by atoms with Crippen molar-refractivity contribution in [3.8, 4) is 0 Å². The van der Waals surface area contributed by atoms with Gasteiger partial charge >= 0.3 is 5.97 Å². The van der Waals surface area contributed by atoms with Crippen LogP contribution in [0.25, 0.3) is 0 Å². The smallest absolute Gasteiger partial charge is 0.305 e. The Morgan fingerprint density at radius 3 is 2.50 bits per heavy atom. The molecule has 1 aliphatic carbocycles. The van der Waals surface area contributed by atoms with Crippen LogP contribution in [0.1, 0.15) is 45.4 Å². The van der Waals surface area contributed by atoms with Gasteiger partial charge in [-0.1, -0.05) is 25.3 Å². The molecule has 0 aromatic carbocycles. The van der Waals surface area contributed by atoms with Crippen LogP contribution in [0.2, 0.25) is 0 Å². The van der Waals surface area contributed by atoms with Crippen LogP contribution in [0, 0.1) is 0 Å². The first kappa shape index (κ1) is 16.7. The summed E-state index contributed by atoms with van der Waals surface area (Å²) in [6.45, 7) is 5.84. The molecule has 5 heteroatoms. The molecule has 0 spiro atoms. The largest absolute Gasteiger partial charge is 0.481 e. The van der Waals surface area contributed by atoms with Crippen LogP contribution in [-0.4, -0.2) is 47.1 Å². The fraction of sp³-hybridized carbons (Fsp3) is 0.733. The average Bonchev–Trinajstić information content (AvgIpc) is 2.43. The van der Waals surface area contributed by atoms with Crippen LogP contribution < -0.4 is 5.32 Å². The van der Waals surface area contributed by atoms with Gasteiger partial charge in [-0.3, -0.25) is 14.5 Å². The van der Waals surface area contributed by atoms with Crippen LogP contribution >= 0.6 is 0 Å². The number of amides is 1. The number of nitrogens with zero attached hydrogens (tertiary/aromatic N) is 1. The summed E-state index contributed by atoms with van der Waals surface area (Å²) in [6, 6.07) is -0.340. The molecule has 114 valence electrons. The molecule has 0 bridgehead atoms. The lowest BCUT2D eigenvalue weighted by Crippen LogP contribution is -2.57. The second-order valence-electron chi connectivity index (χ2n) is 5.68. The summed E-state index contributed by atoms with van der Waals surface area (Å²) >= 11 is 0. The number of hydrogen-bond acceptors (Lipinski definition) is 3. The van der Waals surface area contributed by atoms with E-state index in [-0.39, 0.29) is 18.4 Å². The van der Waals surface area contributed by atoms with E-state index in [0.29, 0.717) is 6.54 Å². The zero-order valence-corrected chi connectivity index (χ0v) is 12.5. The van der Waals surface area contributed by atoms with Crippen molar-refractivity contribution in [2.45, 2.75) is 57.0 Å². The topological polar surface area (TPSA) is 69.6 Å². The Balaban J connectivity index is 2.81. The molecule has 0 radical (unpaired) electrons. The van der Waals surface area contributed by atoms with E-state index in [1.54, 1.807) is 6.08 Å². The Labute approximate surface area is 121 Å². The lowest BCUT2D eigenvalue weighted by atomic mass is 9.77. The van der Waals surface area contributed by atoms with Crippen molar-refractivity contribution in [1.82, 2.24) is 10.2 Å². The molecule has 1 amide bonds. The monoisotopic (exact) mass is 282 g/mol. The molecule has 0 aromatic heterocycles. The molecule has 0 heterocycles. The highest BCUT2D eigenvalue weighted by Gasteiger charge is 2.41. The van der Waals surface area contributed by atoms with Gasteiger partial charge in [0.25, 0.3) is 0 Å². The summed E-state index contributed by atoms with van der Waals surface area (Å²) in [6.07, 6.45) is 6.62. The van der Waals surface area contributed by atoms with Gasteiger partial charge in [0.05, 0.1) is 12.5 Å². The molecule has 1 fully saturated rings. The van der Waals surface area contributed by atoms with Gasteiger partial charge in [0.1, 0.15) is 0 Å². The van der Waals surface area contributed by atoms with Gasteiger partial charge in [-0.05, 0) is 26.8 Å². The maximum Gasteiger partial charge on any atom is 0.305 e. The highest BCUT2D eigenvalue weighted by Crippen LogP contribution is 2.36. The van der Waals surface area contributed by atoms with Gasteiger partial charge < -0.3 is 10.4 Å². The summed E-state index contributed by atoms with van der Waals surface area (Å²) < 4.78 is 0. The number of carboxylic acids is 1. The lowest BCUT2D eigenvalue weighted by molar-refractivity contribution is -0.143. The van der Waals surface area contributed by atoms with E-state index in [1.165, 1.54) is 0 Å². The minimum Gasteiger partial charge on any atom is -0.481 e. The highest BCUT2D eigenvalue weighted by molar-refractivity contribution is 5.81. The molecule has 1 unspecified atom stereocenters. The van der Waals surface area contributed by atoms with Crippen molar-refractivity contribution in [2.75, 3.05) is 13.6 Å². The molecule has 1 aliphatic rings. The Morgan fingerprint density at radius 2 is 2.00 bits per heavy atom. The first-order valence-electron chi connectivity index (χ1n) is 7.26. The van der Waals surface area contributed by atoms with Gasteiger partial charge in [0.2, 0.25) is 5.91 Å². The third kappa shape index (κ3) is 4.07. The summed E-state index contributed by atoms with van der Waals surface area (Å²) in [5.41, 5.74) is -0.394. The van der Waals surface area contributed by atoms with Crippen molar-refractivity contribution in [3.05, 3.63) is 12.7 Å². The van der Waals surface area contributed by atoms with E-state index in [0.717, 1.165) is 32.1 Å². The lowest BCUT2D eigenvalue weighted by Gasteiger charge is -2.46. The van der Waals surface area contributed by atoms with E-state index >= 15 is 0 Å². The van der Waals surface area contributed by atoms with Crippen molar-refractivity contribution in [3.63, 3.8) is 0 Å². The van der Waals surface area contributed by atoms with Gasteiger partial charge in [-0.2, -0.15) is 0 Å². The number of rotatable bonds is 7. The Hall–Kier alpha value is -1.36. The van der Waals surface area contributed by atoms with Gasteiger partial charge in [0, 0.05) is 12.1 Å². The van der Waals surface area contributed by atoms with Crippen LogP contribution in [0.15, 0.2) is 12.7 Å². The first-order valence-corrected chi connectivity index (χ1v) is 7.26. The highest BCUT2D eigenvalue weighted by atomic mass is 16.4. The predicted molar refractivity (Wildman–Crippen MR) is 78.5 cm³/mol. The van der Waals surface area contributed by atoms with Crippen molar-refractivity contribution < 1.29 is 14.7 Å². The second kappa shape index (κ2) is 7.43. The molecule has 0 aliphatic heterocycles. The van der Waals surface area contributed by atoms with Crippen LogP contribution in [-0.2, 0) is 9.59 Å². The number of nitrogens with one attached hydrogen (secondary N) is 1. The Morgan fingerprint density at radius 1 is 1.40 bits per heavy atom. The number of hydrogen-bond donors (Lipinski definition) is 2. The zero-order chi connectivity index (χ0) is 15.2. The molecular formula is C15H26N2O3. The number of carbonyl (C=O) groups is 2. The average molecular weight is 282 g/mol. The van der Waals surface area contributed by atoms with E-state index in [1.807, 2.05) is 18.9 Å². The minimum atomic E-state index is -0.794. The Bertz CT molecular complexity index is 362. The molecular weight excluding hydrogens is 256 g/mol. The molecule has 1 saturated carbocycles. The van der Waals surface area contributed by atoms with E-state index in [2.05, 4.69) is 11.9 Å². The van der Waals surface area contributed by atoms with E-state index in [9.17, 15) is 14.7 Å². The fourth-order valence-corrected chi connectivity index (χ4v) is 3.05. The maximum atomic E-state index is 12.1. The number of likely N-dealkylation sites (N-methyl/N-ethyl adjacent to an activating group) is 1. The van der Waals surface area contributed by atoms with Crippen LogP contribution in [0.4, 0.5) is 0 Å². The van der Waals surface area contributed by atoms with Crippen molar-refractivity contribution in [2.24, 2.45) is 0 Å². The van der Waals surface area contributed by atoms with Gasteiger partial charge in [-0.25, -0.2) is 0 Å². The van der Waals surface area contributed by atoms with Gasteiger partial charge in [0.15, 0.2) is 0 Å². The number of aliphatic carboxylic acids is 1. The normalized spacial score (nSPS) is 19.4. The molecule has 0 aromatic rings. The molecule has 20 heavy (non-hydrogen) atoms. The second-order valence-corrected chi connectivity index (χ2v) is 5.68. The third-order valence-corrected chi connectivity index (χ3v) is 4.39. The quantitative estimate of drug-likeness (QED) is 0.698. The molecule has 1 rings (SSSR count). The SMILES string of the molecule is C=CCNC(=O)C(C)N(C)C1(CC(=O)O)CCCCC1. The predicted octanol–water partition coefficient (Wildman–Crippen LogP) is 1.79. The Kier molecular flexibility index (Phi) is 6.20. The maximum absolute atomic E-state index is 12.1. The van der Waals surface area contributed by atoms with E-state index in [4.69, 9.17) is 0 Å². The van der Waals surface area contributed by atoms with Crippen LogP contribution in [0.3, 0.4) is 0 Å². The van der Waals surface area contributed by atoms with Gasteiger partial charge in [-0.15, -0.1) is 6.58 Å². The fourth-order valence-electron chi connectivity index (χ4n) is 3.05. The molecule has 2 N–H and O–H groups in total. The first-order chi connectivity index (χ1) is 9.43. The van der Waals surface area contributed by atoms with E-state index < -0.39 is 11.5 Å². The third-order valence-electron chi connectivity index (χ3n) is 4.39. The summed E-state index contributed by atoms with van der Waals surface area (Å²) in [5.74, 6) is -0.875. The number of carbonyl (C=O) groups excluding carboxylic acids is 1. The summed E-state index contributed by atoms with van der Waals surface area (Å²) in [7, 11) is 1.87. The summed E-state index contributed by atoms with van der Waals surface area (Å²) in [4.78, 5) is 25.2. The minimum absolute atomic E-state index is 0.0808. The molecule has 1 atom stereocenters. The molecule has 5 nitrogen and oxygen atoms in total. The number of carboxylic acid groups (broad SMARTS) is 1. The summed E-state index contributed by atoms with van der Waals surface area (Å²) in [5, 5.41) is 12.0. The van der Waals surface area contributed by atoms with Crippen LogP contribution in [0.5, 0.6) is 0 Å². The van der Waals surface area contributed by atoms with Crippen molar-refractivity contribution >= 4 is 11.9 Å². The zero-order valence-electron chi connectivity index (χ0n) is 12.5. The standard InChI is InChI=1S/C15H26N2O3/c1-4-10-16-14(20)12(2)17(3)15(11-13(18)19)8-6-5-7-9-15/h4,12H,1,5-11H2,2-3H3,(H,16,20)(H,18,19). The molecule has 0 saturated heterocycles. The van der Waals surface area contributed by atoms with Crippen molar-refractivity contribution in [1.29, 1.82) is 0 Å².